The number of amides is 3. The normalized spacial score (nSPS) is 11.3. The van der Waals surface area contributed by atoms with E-state index in [4.69, 9.17) is 11.6 Å². The van der Waals surface area contributed by atoms with Crippen LogP contribution in [0.15, 0.2) is 108 Å². The van der Waals surface area contributed by atoms with Gasteiger partial charge in [-0.15, -0.1) is 11.8 Å². The van der Waals surface area contributed by atoms with Crippen LogP contribution in [0.4, 0.5) is 21.9 Å². The lowest BCUT2D eigenvalue weighted by molar-refractivity contribution is -0.115. The molecule has 4 N–H and O–H groups in total. The van der Waals surface area contributed by atoms with Gasteiger partial charge in [-0.1, -0.05) is 60.1 Å². The Balaban J connectivity index is 1.48. The van der Waals surface area contributed by atoms with Crippen LogP contribution in [0.2, 0.25) is 5.02 Å². The zero-order valence-electron chi connectivity index (χ0n) is 19.4. The molecule has 3 amide bonds. The highest BCUT2D eigenvalue weighted by Gasteiger charge is 2.23. The smallest absolute Gasteiger partial charge is 0.335 e. The summed E-state index contributed by atoms with van der Waals surface area (Å²) in [5.74, 6) is -1.47. The molecule has 0 bridgehead atoms. The summed E-state index contributed by atoms with van der Waals surface area (Å²) in [5.41, 5.74) is 2.27. The largest absolute Gasteiger partial charge is 0.478 e. The van der Waals surface area contributed by atoms with E-state index in [1.54, 1.807) is 24.3 Å². The zero-order valence-corrected chi connectivity index (χ0v) is 20.9. The summed E-state index contributed by atoms with van der Waals surface area (Å²) >= 11 is 7.53. The minimum absolute atomic E-state index is 0.0167. The van der Waals surface area contributed by atoms with Crippen molar-refractivity contribution in [2.75, 3.05) is 16.0 Å². The van der Waals surface area contributed by atoms with Crippen molar-refractivity contribution in [3.05, 3.63) is 119 Å². The van der Waals surface area contributed by atoms with E-state index >= 15 is 0 Å². The van der Waals surface area contributed by atoms with Gasteiger partial charge < -0.3 is 21.1 Å². The molecule has 0 fully saturated rings. The molecule has 0 saturated carbocycles. The number of anilines is 3. The summed E-state index contributed by atoms with van der Waals surface area (Å²) in [6.45, 7) is 0. The first-order valence-electron chi connectivity index (χ1n) is 11.2. The topological polar surface area (TPSA) is 108 Å². The molecule has 1 unspecified atom stereocenters. The van der Waals surface area contributed by atoms with Crippen LogP contribution >= 0.6 is 23.4 Å². The van der Waals surface area contributed by atoms with E-state index in [9.17, 15) is 19.5 Å². The molecular formula is C28H22ClN3O4S. The van der Waals surface area contributed by atoms with Crippen LogP contribution in [-0.4, -0.2) is 23.0 Å². The Hall–Kier alpha value is -4.27. The molecule has 0 aliphatic heterocycles. The number of carbonyl (C=O) groups excluding carboxylic acids is 2. The fourth-order valence-electron chi connectivity index (χ4n) is 3.42. The second-order valence-electron chi connectivity index (χ2n) is 7.87. The SMILES string of the molecule is O=C(Nc1ccccc1)Nc1ccc(SC(C(=O)Nc2cc(C(=O)O)ccc2Cl)c2ccccc2)cc1. The maximum atomic E-state index is 13.3. The predicted molar refractivity (Wildman–Crippen MR) is 148 cm³/mol. The standard InChI is InChI=1S/C28H22ClN3O4S/c29-23-16-11-19(27(34)35)17-24(23)32-26(33)25(18-7-3-1-4-8-18)37-22-14-12-21(13-15-22)31-28(36)30-20-9-5-2-6-10-20/h1-17,25H,(H,32,33)(H,34,35)(H2,30,31,36). The maximum absolute atomic E-state index is 13.3. The molecule has 0 heterocycles. The Morgan fingerprint density at radius 1 is 0.730 bits per heavy atom. The van der Waals surface area contributed by atoms with Gasteiger partial charge in [0.25, 0.3) is 0 Å². The van der Waals surface area contributed by atoms with Crippen molar-refractivity contribution in [3.63, 3.8) is 0 Å². The molecule has 0 aromatic heterocycles. The second kappa shape index (κ2) is 12.1. The molecular weight excluding hydrogens is 510 g/mol. The average molecular weight is 532 g/mol. The van der Waals surface area contributed by atoms with Crippen LogP contribution in [-0.2, 0) is 4.79 Å². The zero-order chi connectivity index (χ0) is 26.2. The number of carboxylic acids is 1. The Morgan fingerprint density at radius 3 is 1.95 bits per heavy atom. The summed E-state index contributed by atoms with van der Waals surface area (Å²) in [6, 6.07) is 29.2. The first-order valence-corrected chi connectivity index (χ1v) is 12.4. The first-order chi connectivity index (χ1) is 17.9. The van der Waals surface area contributed by atoms with Crippen molar-refractivity contribution in [2.24, 2.45) is 0 Å². The van der Waals surface area contributed by atoms with E-state index in [1.165, 1.54) is 30.0 Å². The van der Waals surface area contributed by atoms with E-state index in [1.807, 2.05) is 60.7 Å². The van der Waals surface area contributed by atoms with Gasteiger partial charge in [-0.3, -0.25) is 4.79 Å². The highest BCUT2D eigenvalue weighted by molar-refractivity contribution is 8.00. The molecule has 0 aliphatic carbocycles. The van der Waals surface area contributed by atoms with E-state index in [2.05, 4.69) is 16.0 Å². The lowest BCUT2D eigenvalue weighted by Crippen LogP contribution is -2.20. The molecule has 186 valence electrons. The van der Waals surface area contributed by atoms with Crippen molar-refractivity contribution in [1.82, 2.24) is 0 Å². The fraction of sp³-hybridized carbons (Fsp3) is 0.0357. The summed E-state index contributed by atoms with van der Waals surface area (Å²) in [6.07, 6.45) is 0. The van der Waals surface area contributed by atoms with Crippen molar-refractivity contribution in [3.8, 4) is 0 Å². The quantitative estimate of drug-likeness (QED) is 0.180. The number of rotatable bonds is 8. The van der Waals surface area contributed by atoms with Crippen molar-refractivity contribution < 1.29 is 19.5 Å². The van der Waals surface area contributed by atoms with Gasteiger partial charge in [-0.2, -0.15) is 0 Å². The van der Waals surface area contributed by atoms with Gasteiger partial charge >= 0.3 is 12.0 Å². The number of hydrogen-bond acceptors (Lipinski definition) is 4. The molecule has 0 radical (unpaired) electrons. The third-order valence-corrected chi connectivity index (χ3v) is 6.81. The molecule has 4 rings (SSSR count). The van der Waals surface area contributed by atoms with Gasteiger partial charge in [-0.05, 0) is 60.2 Å². The predicted octanol–water partition coefficient (Wildman–Crippen LogP) is 7.15. The molecule has 0 spiro atoms. The highest BCUT2D eigenvalue weighted by Crippen LogP contribution is 2.37. The number of nitrogens with one attached hydrogen (secondary N) is 3. The first kappa shape index (κ1) is 25.8. The van der Waals surface area contributed by atoms with Crippen LogP contribution < -0.4 is 16.0 Å². The highest BCUT2D eigenvalue weighted by atomic mass is 35.5. The van der Waals surface area contributed by atoms with E-state index in [0.29, 0.717) is 11.4 Å². The van der Waals surface area contributed by atoms with E-state index < -0.39 is 11.2 Å². The average Bonchev–Trinajstić information content (AvgIpc) is 2.90. The summed E-state index contributed by atoms with van der Waals surface area (Å²) < 4.78 is 0. The Morgan fingerprint density at radius 2 is 1.32 bits per heavy atom. The molecule has 4 aromatic carbocycles. The van der Waals surface area contributed by atoms with Crippen molar-refractivity contribution >= 4 is 58.3 Å². The number of thioether (sulfide) groups is 1. The summed E-state index contributed by atoms with van der Waals surface area (Å²) in [4.78, 5) is 37.7. The third-order valence-electron chi connectivity index (χ3n) is 5.21. The number of benzene rings is 4. The molecule has 1 atom stereocenters. The number of halogens is 1. The lowest BCUT2D eigenvalue weighted by Gasteiger charge is -2.18. The Bertz CT molecular complexity index is 1400. The minimum Gasteiger partial charge on any atom is -0.478 e. The fourth-order valence-corrected chi connectivity index (χ4v) is 4.61. The number of para-hydroxylation sites is 1. The van der Waals surface area contributed by atoms with Crippen LogP contribution in [0.1, 0.15) is 21.2 Å². The van der Waals surface area contributed by atoms with Gasteiger partial charge in [0.1, 0.15) is 5.25 Å². The molecule has 9 heteroatoms. The van der Waals surface area contributed by atoms with Crippen LogP contribution in [0.3, 0.4) is 0 Å². The van der Waals surface area contributed by atoms with Gasteiger partial charge in [-0.25, -0.2) is 9.59 Å². The molecule has 4 aromatic rings. The number of hydrogen-bond donors (Lipinski definition) is 4. The van der Waals surface area contributed by atoms with Gasteiger partial charge in [0.15, 0.2) is 0 Å². The number of carboxylic acid groups (broad SMARTS) is 1. The maximum Gasteiger partial charge on any atom is 0.335 e. The second-order valence-corrected chi connectivity index (χ2v) is 9.45. The van der Waals surface area contributed by atoms with Gasteiger partial charge in [0, 0.05) is 16.3 Å². The molecule has 37 heavy (non-hydrogen) atoms. The minimum atomic E-state index is -1.12. The summed E-state index contributed by atoms with van der Waals surface area (Å²) in [5, 5.41) is 17.2. The van der Waals surface area contributed by atoms with Gasteiger partial charge in [0.05, 0.1) is 16.3 Å². The van der Waals surface area contributed by atoms with Crippen LogP contribution in [0, 0.1) is 0 Å². The number of aromatic carboxylic acids is 1. The number of carbonyl (C=O) groups is 3. The molecule has 0 aliphatic rings. The molecule has 7 nitrogen and oxygen atoms in total. The number of urea groups is 1. The third kappa shape index (κ3) is 7.13. The Labute approximate surface area is 222 Å². The lowest BCUT2D eigenvalue weighted by atomic mass is 10.1. The van der Waals surface area contributed by atoms with E-state index in [-0.39, 0.29) is 28.2 Å². The monoisotopic (exact) mass is 531 g/mol. The Kier molecular flexibility index (Phi) is 8.45. The van der Waals surface area contributed by atoms with Crippen LogP contribution in [0.25, 0.3) is 0 Å². The van der Waals surface area contributed by atoms with E-state index in [0.717, 1.165) is 10.5 Å². The van der Waals surface area contributed by atoms with Crippen LogP contribution in [0.5, 0.6) is 0 Å². The molecule has 0 saturated heterocycles. The van der Waals surface area contributed by atoms with Gasteiger partial charge in [0.2, 0.25) is 5.91 Å². The van der Waals surface area contributed by atoms with Crippen molar-refractivity contribution in [1.29, 1.82) is 0 Å². The summed E-state index contributed by atoms with van der Waals surface area (Å²) in [7, 11) is 0. The van der Waals surface area contributed by atoms with Crippen molar-refractivity contribution in [2.45, 2.75) is 10.1 Å².